The summed E-state index contributed by atoms with van der Waals surface area (Å²) in [4.78, 5) is 22.4. The molecule has 0 aliphatic carbocycles. The van der Waals surface area contributed by atoms with Gasteiger partial charge in [0.2, 0.25) is 0 Å². The molecule has 0 radical (unpaired) electrons. The average molecular weight is 276 g/mol. The maximum atomic E-state index is 11.7. The van der Waals surface area contributed by atoms with Crippen molar-refractivity contribution in [1.82, 2.24) is 5.16 Å². The largest absolute Gasteiger partial charge is 0.480 e. The smallest absolute Gasteiger partial charge is 0.320 e. The highest BCUT2D eigenvalue weighted by Crippen LogP contribution is 2.10. The van der Waals surface area contributed by atoms with E-state index in [1.807, 2.05) is 30.3 Å². The van der Waals surface area contributed by atoms with E-state index in [-0.39, 0.29) is 12.0 Å². The number of carbonyl (C=O) groups is 1. The van der Waals surface area contributed by atoms with Gasteiger partial charge in [0, 0.05) is 6.42 Å². The molecule has 1 aromatic heterocycles. The molecule has 0 unspecified atom stereocenters. The summed E-state index contributed by atoms with van der Waals surface area (Å²) in [5, 5.41) is 11.0. The number of aromatic nitrogens is 1. The van der Waals surface area contributed by atoms with Gasteiger partial charge < -0.3 is 15.4 Å². The predicted molar refractivity (Wildman–Crippen MR) is 72.5 cm³/mol. The number of aliphatic carboxylic acids is 1. The lowest BCUT2D eigenvalue weighted by atomic mass is 10.0. The van der Waals surface area contributed by atoms with Crippen molar-refractivity contribution in [1.29, 1.82) is 0 Å². The lowest BCUT2D eigenvalue weighted by molar-refractivity contribution is -0.138. The summed E-state index contributed by atoms with van der Waals surface area (Å²) >= 11 is 0. The molecule has 6 nitrogen and oxygen atoms in total. The third-order valence-corrected chi connectivity index (χ3v) is 3.11. The summed E-state index contributed by atoms with van der Waals surface area (Å²) in [5.41, 5.74) is 6.70. The third-order valence-electron chi connectivity index (χ3n) is 3.11. The summed E-state index contributed by atoms with van der Waals surface area (Å²) in [6.45, 7) is 0. The van der Waals surface area contributed by atoms with Crippen LogP contribution in [-0.4, -0.2) is 22.3 Å². The van der Waals surface area contributed by atoms with E-state index < -0.39 is 12.0 Å². The molecule has 0 saturated carbocycles. The zero-order valence-electron chi connectivity index (χ0n) is 10.8. The number of nitrogens with two attached hydrogens (primary N) is 1. The zero-order valence-corrected chi connectivity index (χ0v) is 10.8. The van der Waals surface area contributed by atoms with Gasteiger partial charge in [0.25, 0.3) is 5.56 Å². The van der Waals surface area contributed by atoms with E-state index in [9.17, 15) is 9.59 Å². The molecule has 2 aromatic rings. The van der Waals surface area contributed by atoms with Crippen molar-refractivity contribution in [3.8, 4) is 0 Å². The molecule has 0 fully saturated rings. The summed E-state index contributed by atoms with van der Waals surface area (Å²) in [7, 11) is 0. The Hall–Kier alpha value is -2.34. The van der Waals surface area contributed by atoms with Crippen LogP contribution in [0.25, 0.3) is 0 Å². The van der Waals surface area contributed by atoms with Crippen LogP contribution >= 0.6 is 0 Å². The summed E-state index contributed by atoms with van der Waals surface area (Å²) < 4.78 is 5.02. The molecule has 106 valence electrons. The normalized spacial score (nSPS) is 12.2. The van der Waals surface area contributed by atoms with E-state index in [1.54, 1.807) is 0 Å². The van der Waals surface area contributed by atoms with Crippen LogP contribution in [0.2, 0.25) is 0 Å². The first-order valence-electron chi connectivity index (χ1n) is 6.29. The number of carboxylic acid groups (broad SMARTS) is 1. The second-order valence-corrected chi connectivity index (χ2v) is 4.57. The number of rotatable bonds is 6. The minimum Gasteiger partial charge on any atom is -0.480 e. The highest BCUT2D eigenvalue weighted by Gasteiger charge is 2.19. The van der Waals surface area contributed by atoms with Crippen molar-refractivity contribution in [2.45, 2.75) is 25.3 Å². The van der Waals surface area contributed by atoms with Crippen molar-refractivity contribution in [3.05, 3.63) is 57.6 Å². The number of hydrogen-bond acceptors (Lipinski definition) is 4. The van der Waals surface area contributed by atoms with Crippen LogP contribution in [0.1, 0.15) is 16.9 Å². The zero-order chi connectivity index (χ0) is 14.5. The van der Waals surface area contributed by atoms with E-state index in [4.69, 9.17) is 15.4 Å². The minimum absolute atomic E-state index is 0.00179. The molecule has 4 N–H and O–H groups in total. The molecule has 1 heterocycles. The Balaban J connectivity index is 2.09. The van der Waals surface area contributed by atoms with Gasteiger partial charge >= 0.3 is 5.97 Å². The molecule has 0 amide bonds. The van der Waals surface area contributed by atoms with Crippen LogP contribution in [-0.2, 0) is 24.1 Å². The van der Waals surface area contributed by atoms with Gasteiger partial charge in [0.05, 0.1) is 5.56 Å². The first-order chi connectivity index (χ1) is 9.58. The van der Waals surface area contributed by atoms with E-state index >= 15 is 0 Å². The molecule has 1 aromatic carbocycles. The monoisotopic (exact) mass is 276 g/mol. The maximum Gasteiger partial charge on any atom is 0.320 e. The minimum atomic E-state index is -1.12. The van der Waals surface area contributed by atoms with Crippen molar-refractivity contribution >= 4 is 5.97 Å². The van der Waals surface area contributed by atoms with Gasteiger partial charge in [-0.15, -0.1) is 0 Å². The second kappa shape index (κ2) is 6.21. The Kier molecular flexibility index (Phi) is 4.37. The van der Waals surface area contributed by atoms with Crippen molar-refractivity contribution in [2.75, 3.05) is 0 Å². The summed E-state index contributed by atoms with van der Waals surface area (Å²) in [6, 6.07) is 8.63. The van der Waals surface area contributed by atoms with Gasteiger partial charge in [-0.25, -0.2) is 0 Å². The number of benzene rings is 1. The highest BCUT2D eigenvalue weighted by atomic mass is 16.5. The number of aryl methyl sites for hydroxylation is 1. The Bertz CT molecular complexity index is 630. The Labute approximate surface area is 115 Å². The Morgan fingerprint density at radius 2 is 2.00 bits per heavy atom. The van der Waals surface area contributed by atoms with E-state index in [0.717, 1.165) is 5.56 Å². The maximum absolute atomic E-state index is 11.7. The fraction of sp³-hybridized carbons (Fsp3) is 0.286. The predicted octanol–water partition coefficient (Wildman–Crippen LogP) is 0.707. The fourth-order valence-electron chi connectivity index (χ4n) is 1.98. The number of nitrogens with one attached hydrogen (secondary N) is 1. The average Bonchev–Trinajstić information content (AvgIpc) is 2.78. The molecule has 20 heavy (non-hydrogen) atoms. The Morgan fingerprint density at radius 3 is 2.65 bits per heavy atom. The van der Waals surface area contributed by atoms with Gasteiger partial charge in [0.15, 0.2) is 0 Å². The van der Waals surface area contributed by atoms with Crippen LogP contribution < -0.4 is 11.3 Å². The number of H-pyrrole nitrogens is 1. The van der Waals surface area contributed by atoms with Crippen LogP contribution in [0.4, 0.5) is 0 Å². The molecule has 0 spiro atoms. The molecule has 0 aliphatic rings. The summed E-state index contributed by atoms with van der Waals surface area (Å²) in [6.07, 6.45) is 1.16. The molecule has 2 rings (SSSR count). The first-order valence-corrected chi connectivity index (χ1v) is 6.29. The SMILES string of the molecule is N[C@@H](Cc1o[nH]c(=O)c1CCc1ccccc1)C(=O)O. The lowest BCUT2D eigenvalue weighted by Crippen LogP contribution is -2.32. The summed E-state index contributed by atoms with van der Waals surface area (Å²) in [5.74, 6) is -0.802. The number of hydrogen-bond donors (Lipinski definition) is 3. The molecule has 6 heteroatoms. The van der Waals surface area contributed by atoms with Crippen LogP contribution in [0, 0.1) is 0 Å². The van der Waals surface area contributed by atoms with Crippen LogP contribution in [0.5, 0.6) is 0 Å². The van der Waals surface area contributed by atoms with Gasteiger partial charge in [-0.1, -0.05) is 30.3 Å². The molecule has 1 atom stereocenters. The van der Waals surface area contributed by atoms with E-state index in [0.29, 0.717) is 24.2 Å². The molecule has 0 saturated heterocycles. The lowest BCUT2D eigenvalue weighted by Gasteiger charge is -2.05. The van der Waals surface area contributed by atoms with Gasteiger partial charge in [-0.3, -0.25) is 9.59 Å². The molecule has 0 bridgehead atoms. The molecule has 0 aliphatic heterocycles. The van der Waals surface area contributed by atoms with Gasteiger partial charge in [0.1, 0.15) is 11.8 Å². The van der Waals surface area contributed by atoms with Crippen molar-refractivity contribution in [2.24, 2.45) is 5.73 Å². The van der Waals surface area contributed by atoms with Crippen molar-refractivity contribution < 1.29 is 14.4 Å². The first kappa shape index (κ1) is 14.1. The number of carboxylic acids is 1. The van der Waals surface area contributed by atoms with E-state index in [1.165, 1.54) is 0 Å². The topological polar surface area (TPSA) is 109 Å². The van der Waals surface area contributed by atoms with E-state index in [2.05, 4.69) is 5.16 Å². The standard InChI is InChI=1S/C14H16N2O4/c15-11(14(18)19)8-12-10(13(17)16-20-12)7-6-9-4-2-1-3-5-9/h1-5,11H,6-8,15H2,(H,16,17)(H,18,19)/t11-/m0/s1. The van der Waals surface area contributed by atoms with Crippen molar-refractivity contribution in [3.63, 3.8) is 0 Å². The highest BCUT2D eigenvalue weighted by molar-refractivity contribution is 5.73. The fourth-order valence-corrected chi connectivity index (χ4v) is 1.98. The van der Waals surface area contributed by atoms with Gasteiger partial charge in [-0.05, 0) is 18.4 Å². The molecular formula is C14H16N2O4. The Morgan fingerprint density at radius 1 is 1.30 bits per heavy atom. The second-order valence-electron chi connectivity index (χ2n) is 4.57. The molecular weight excluding hydrogens is 260 g/mol. The quantitative estimate of drug-likeness (QED) is 0.719. The van der Waals surface area contributed by atoms with Gasteiger partial charge in [-0.2, -0.15) is 5.16 Å². The van der Waals surface area contributed by atoms with Crippen LogP contribution in [0.3, 0.4) is 0 Å². The number of aromatic amines is 1. The van der Waals surface area contributed by atoms with Crippen LogP contribution in [0.15, 0.2) is 39.6 Å². The third kappa shape index (κ3) is 3.36.